The standard InChI is InChI=1S/C22H29NO7/c1-15(9-16-3-5-19(6-4-16)30-14-22(27)28-2)23-11-18(25)13-29-20-7-8-21(26)17(10-20)12-24/h3-8,10,15,18,23-26H,9,11-14H2,1-2H3. The zero-order valence-electron chi connectivity index (χ0n) is 17.2. The van der Waals surface area contributed by atoms with Crippen molar-refractivity contribution < 1.29 is 34.3 Å². The van der Waals surface area contributed by atoms with Crippen LogP contribution in [0.25, 0.3) is 0 Å². The molecule has 0 radical (unpaired) electrons. The third kappa shape index (κ3) is 7.90. The number of benzene rings is 2. The van der Waals surface area contributed by atoms with E-state index in [1.165, 1.54) is 19.2 Å². The van der Waals surface area contributed by atoms with Crippen molar-refractivity contribution >= 4 is 5.97 Å². The Balaban J connectivity index is 1.70. The molecule has 0 aromatic heterocycles. The summed E-state index contributed by atoms with van der Waals surface area (Å²) in [6.07, 6.45) is 0.0378. The minimum atomic E-state index is -0.715. The Morgan fingerprint density at radius 3 is 2.47 bits per heavy atom. The number of phenols is 1. The van der Waals surface area contributed by atoms with Gasteiger partial charge in [-0.1, -0.05) is 12.1 Å². The van der Waals surface area contributed by atoms with Crippen LogP contribution in [0.5, 0.6) is 17.2 Å². The Hall–Kier alpha value is -2.81. The first kappa shape index (κ1) is 23.5. The molecule has 2 atom stereocenters. The van der Waals surface area contributed by atoms with Gasteiger partial charge in [-0.25, -0.2) is 4.79 Å². The lowest BCUT2D eigenvalue weighted by Gasteiger charge is -2.18. The molecule has 30 heavy (non-hydrogen) atoms. The van der Waals surface area contributed by atoms with E-state index in [9.17, 15) is 15.0 Å². The van der Waals surface area contributed by atoms with Gasteiger partial charge in [0.25, 0.3) is 0 Å². The monoisotopic (exact) mass is 419 g/mol. The van der Waals surface area contributed by atoms with Crippen molar-refractivity contribution in [3.63, 3.8) is 0 Å². The number of carbonyl (C=O) groups is 1. The molecule has 0 saturated heterocycles. The van der Waals surface area contributed by atoms with Crippen LogP contribution in [0.15, 0.2) is 42.5 Å². The van der Waals surface area contributed by atoms with Crippen LogP contribution in [0.1, 0.15) is 18.1 Å². The number of ether oxygens (including phenoxy) is 3. The average molecular weight is 419 g/mol. The van der Waals surface area contributed by atoms with Gasteiger partial charge >= 0.3 is 5.97 Å². The molecule has 2 aromatic carbocycles. The maximum atomic E-state index is 11.1. The first-order valence-corrected chi connectivity index (χ1v) is 9.66. The summed E-state index contributed by atoms with van der Waals surface area (Å²) in [7, 11) is 1.31. The molecule has 2 rings (SSSR count). The Kier molecular flexibility index (Phi) is 9.40. The van der Waals surface area contributed by atoms with Crippen LogP contribution in [-0.2, 0) is 22.6 Å². The van der Waals surface area contributed by atoms with Crippen LogP contribution in [0.3, 0.4) is 0 Å². The Bertz CT molecular complexity index is 795. The molecule has 0 aliphatic rings. The van der Waals surface area contributed by atoms with E-state index in [-0.39, 0.29) is 31.6 Å². The Labute approximate surface area is 176 Å². The van der Waals surface area contributed by atoms with Gasteiger partial charge in [0, 0.05) is 18.2 Å². The van der Waals surface area contributed by atoms with E-state index in [1.54, 1.807) is 18.2 Å². The summed E-state index contributed by atoms with van der Waals surface area (Å²) in [5.74, 6) is 0.636. The molecule has 0 aliphatic carbocycles. The van der Waals surface area contributed by atoms with Crippen LogP contribution < -0.4 is 14.8 Å². The van der Waals surface area contributed by atoms with E-state index in [0.29, 0.717) is 23.6 Å². The lowest BCUT2D eigenvalue weighted by molar-refractivity contribution is -0.142. The van der Waals surface area contributed by atoms with E-state index < -0.39 is 12.1 Å². The van der Waals surface area contributed by atoms with Crippen molar-refractivity contribution in [2.45, 2.75) is 32.1 Å². The molecule has 0 aliphatic heterocycles. The van der Waals surface area contributed by atoms with Gasteiger partial charge in [0.15, 0.2) is 6.61 Å². The third-order valence-electron chi connectivity index (χ3n) is 4.42. The minimum absolute atomic E-state index is 0.00366. The highest BCUT2D eigenvalue weighted by atomic mass is 16.6. The van der Waals surface area contributed by atoms with E-state index in [4.69, 9.17) is 14.6 Å². The zero-order chi connectivity index (χ0) is 21.9. The van der Waals surface area contributed by atoms with Crippen molar-refractivity contribution in [3.8, 4) is 17.2 Å². The van der Waals surface area contributed by atoms with Crippen molar-refractivity contribution in [3.05, 3.63) is 53.6 Å². The molecule has 0 spiro atoms. The maximum Gasteiger partial charge on any atom is 0.343 e. The van der Waals surface area contributed by atoms with Gasteiger partial charge in [-0.15, -0.1) is 0 Å². The highest BCUT2D eigenvalue weighted by Crippen LogP contribution is 2.23. The molecule has 0 bridgehead atoms. The van der Waals surface area contributed by atoms with E-state index >= 15 is 0 Å². The number of nitrogens with one attached hydrogen (secondary N) is 1. The second kappa shape index (κ2) is 12.0. The van der Waals surface area contributed by atoms with Crippen molar-refractivity contribution in [2.75, 3.05) is 26.9 Å². The highest BCUT2D eigenvalue weighted by molar-refractivity contribution is 5.70. The molecule has 8 nitrogen and oxygen atoms in total. The Morgan fingerprint density at radius 2 is 1.80 bits per heavy atom. The molecule has 4 N–H and O–H groups in total. The summed E-state index contributed by atoms with van der Waals surface area (Å²) in [5, 5.41) is 32.1. The minimum Gasteiger partial charge on any atom is -0.508 e. The van der Waals surface area contributed by atoms with Gasteiger partial charge in [0.2, 0.25) is 0 Å². The molecular formula is C22H29NO7. The number of rotatable bonds is 12. The van der Waals surface area contributed by atoms with Crippen molar-refractivity contribution in [1.29, 1.82) is 0 Å². The fourth-order valence-electron chi connectivity index (χ4n) is 2.72. The number of aliphatic hydroxyl groups excluding tert-OH is 2. The number of aromatic hydroxyl groups is 1. The molecular weight excluding hydrogens is 390 g/mol. The normalized spacial score (nSPS) is 12.8. The molecule has 0 amide bonds. The predicted molar refractivity (Wildman–Crippen MR) is 111 cm³/mol. The fraction of sp³-hybridized carbons (Fsp3) is 0.409. The number of methoxy groups -OCH3 is 1. The van der Waals surface area contributed by atoms with Gasteiger partial charge in [-0.05, 0) is 49.2 Å². The van der Waals surface area contributed by atoms with Crippen molar-refractivity contribution in [2.24, 2.45) is 0 Å². The van der Waals surface area contributed by atoms with E-state index in [0.717, 1.165) is 12.0 Å². The molecule has 2 unspecified atom stereocenters. The van der Waals surface area contributed by atoms with Crippen LogP contribution in [0, 0.1) is 0 Å². The zero-order valence-corrected chi connectivity index (χ0v) is 17.2. The fourth-order valence-corrected chi connectivity index (χ4v) is 2.72. The molecule has 2 aromatic rings. The van der Waals surface area contributed by atoms with Crippen LogP contribution >= 0.6 is 0 Å². The lowest BCUT2D eigenvalue weighted by Crippen LogP contribution is -2.37. The summed E-state index contributed by atoms with van der Waals surface area (Å²) in [5.41, 5.74) is 1.46. The summed E-state index contributed by atoms with van der Waals surface area (Å²) < 4.78 is 15.4. The molecule has 164 valence electrons. The number of aliphatic hydroxyl groups is 2. The van der Waals surface area contributed by atoms with Crippen molar-refractivity contribution in [1.82, 2.24) is 5.32 Å². The largest absolute Gasteiger partial charge is 0.508 e. The second-order valence-electron chi connectivity index (χ2n) is 6.94. The summed E-state index contributed by atoms with van der Waals surface area (Å²) in [6, 6.07) is 12.1. The highest BCUT2D eigenvalue weighted by Gasteiger charge is 2.10. The van der Waals surface area contributed by atoms with Gasteiger partial charge in [-0.2, -0.15) is 0 Å². The number of hydrogen-bond acceptors (Lipinski definition) is 8. The van der Waals surface area contributed by atoms with Crippen LogP contribution in [0.2, 0.25) is 0 Å². The first-order chi connectivity index (χ1) is 14.4. The van der Waals surface area contributed by atoms with Gasteiger partial charge in [-0.3, -0.25) is 0 Å². The van der Waals surface area contributed by atoms with Crippen LogP contribution in [0.4, 0.5) is 0 Å². The van der Waals surface area contributed by atoms with Crippen LogP contribution in [-0.4, -0.2) is 60.3 Å². The number of esters is 1. The quantitative estimate of drug-likeness (QED) is 0.382. The van der Waals surface area contributed by atoms with E-state index in [2.05, 4.69) is 10.1 Å². The number of carbonyl (C=O) groups excluding carboxylic acids is 1. The molecule has 8 heteroatoms. The summed E-state index contributed by atoms with van der Waals surface area (Å²) in [6.45, 7) is 2.04. The summed E-state index contributed by atoms with van der Waals surface area (Å²) >= 11 is 0. The Morgan fingerprint density at radius 1 is 1.10 bits per heavy atom. The average Bonchev–Trinajstić information content (AvgIpc) is 2.76. The summed E-state index contributed by atoms with van der Waals surface area (Å²) in [4.78, 5) is 11.1. The smallest absolute Gasteiger partial charge is 0.343 e. The SMILES string of the molecule is COC(=O)COc1ccc(CC(C)NCC(O)COc2ccc(O)c(CO)c2)cc1. The molecule has 0 fully saturated rings. The first-order valence-electron chi connectivity index (χ1n) is 9.66. The third-order valence-corrected chi connectivity index (χ3v) is 4.42. The predicted octanol–water partition coefficient (Wildman–Crippen LogP) is 1.40. The second-order valence-corrected chi connectivity index (χ2v) is 6.94. The molecule has 0 saturated carbocycles. The number of hydrogen-bond donors (Lipinski definition) is 4. The molecule has 0 heterocycles. The van der Waals surface area contributed by atoms with Gasteiger partial charge < -0.3 is 34.8 Å². The van der Waals surface area contributed by atoms with Gasteiger partial charge in [0.05, 0.1) is 13.7 Å². The topological polar surface area (TPSA) is 117 Å². The van der Waals surface area contributed by atoms with Gasteiger partial charge in [0.1, 0.15) is 30.0 Å². The maximum absolute atomic E-state index is 11.1. The lowest BCUT2D eigenvalue weighted by atomic mass is 10.1. The van der Waals surface area contributed by atoms with E-state index in [1.807, 2.05) is 19.1 Å².